The van der Waals surface area contributed by atoms with E-state index in [0.717, 1.165) is 4.57 Å². The first-order valence-corrected chi connectivity index (χ1v) is 9.16. The van der Waals surface area contributed by atoms with Crippen LogP contribution in [0.5, 0.6) is 5.88 Å². The average molecular weight is 397 g/mol. The van der Waals surface area contributed by atoms with Crippen molar-refractivity contribution in [1.29, 1.82) is 5.26 Å². The summed E-state index contributed by atoms with van der Waals surface area (Å²) in [5, 5.41) is 19.9. The monoisotopic (exact) mass is 397 g/mol. The lowest BCUT2D eigenvalue weighted by Crippen LogP contribution is -2.38. The van der Waals surface area contributed by atoms with E-state index in [2.05, 4.69) is 9.72 Å². The van der Waals surface area contributed by atoms with Crippen LogP contribution in [0, 0.1) is 18.3 Å². The standard InChI is InChI=1S/C19H19N5O5/c1-10-5-11(8-21-13(10)7-20)24-18(27)17-14-6-12(23(17)19(24)28)9-22(14)15(25)3-4-16(26)29-2/h5,8,12,14,27H,3-4,6,9H2,1-2H3. The average Bonchev–Trinajstić information content (AvgIpc) is 3.37. The van der Waals surface area contributed by atoms with E-state index in [4.69, 9.17) is 5.26 Å². The van der Waals surface area contributed by atoms with Crippen molar-refractivity contribution in [3.63, 3.8) is 0 Å². The van der Waals surface area contributed by atoms with Gasteiger partial charge in [0.05, 0.1) is 37.5 Å². The van der Waals surface area contributed by atoms with Crippen LogP contribution in [0.4, 0.5) is 0 Å². The number of rotatable bonds is 4. The molecule has 2 bridgehead atoms. The zero-order valence-electron chi connectivity index (χ0n) is 16.0. The number of imidazole rings is 1. The van der Waals surface area contributed by atoms with E-state index in [1.54, 1.807) is 17.9 Å². The number of nitriles is 1. The number of methoxy groups -OCH3 is 1. The Morgan fingerprint density at radius 2 is 2.17 bits per heavy atom. The maximum absolute atomic E-state index is 13.0. The number of hydrogen-bond acceptors (Lipinski definition) is 7. The Morgan fingerprint density at radius 3 is 2.83 bits per heavy atom. The first-order valence-electron chi connectivity index (χ1n) is 9.16. The molecule has 0 aromatic carbocycles. The summed E-state index contributed by atoms with van der Waals surface area (Å²) in [6.07, 6.45) is 1.91. The van der Waals surface area contributed by atoms with Gasteiger partial charge < -0.3 is 14.7 Å². The molecule has 2 aromatic rings. The van der Waals surface area contributed by atoms with E-state index in [1.165, 1.54) is 17.9 Å². The molecular weight excluding hydrogens is 378 g/mol. The molecule has 2 atom stereocenters. The number of nitrogens with zero attached hydrogens (tertiary/aromatic N) is 5. The summed E-state index contributed by atoms with van der Waals surface area (Å²) in [5.74, 6) is -0.916. The van der Waals surface area contributed by atoms with Crippen molar-refractivity contribution in [2.24, 2.45) is 0 Å². The second-order valence-electron chi connectivity index (χ2n) is 7.20. The van der Waals surface area contributed by atoms with Gasteiger partial charge in [0.1, 0.15) is 17.5 Å². The Hall–Kier alpha value is -3.61. The van der Waals surface area contributed by atoms with Crippen LogP contribution < -0.4 is 5.69 Å². The number of hydrogen-bond donors (Lipinski definition) is 1. The van der Waals surface area contributed by atoms with Gasteiger partial charge in [-0.25, -0.2) is 14.3 Å². The number of aromatic hydroxyl groups is 1. The second kappa shape index (κ2) is 6.77. The first-order chi connectivity index (χ1) is 13.9. The number of pyridine rings is 1. The molecule has 29 heavy (non-hydrogen) atoms. The van der Waals surface area contributed by atoms with Gasteiger partial charge in [-0.1, -0.05) is 0 Å². The zero-order valence-corrected chi connectivity index (χ0v) is 16.0. The molecule has 150 valence electrons. The largest absolute Gasteiger partial charge is 0.493 e. The van der Waals surface area contributed by atoms with E-state index in [9.17, 15) is 19.5 Å². The van der Waals surface area contributed by atoms with E-state index < -0.39 is 17.7 Å². The van der Waals surface area contributed by atoms with Crippen LogP contribution in [0.15, 0.2) is 17.1 Å². The van der Waals surface area contributed by atoms with E-state index in [0.29, 0.717) is 29.9 Å². The first kappa shape index (κ1) is 18.7. The zero-order chi connectivity index (χ0) is 20.9. The van der Waals surface area contributed by atoms with Crippen LogP contribution in [0.3, 0.4) is 0 Å². The molecule has 2 unspecified atom stereocenters. The molecule has 1 fully saturated rings. The maximum atomic E-state index is 13.0. The molecule has 10 nitrogen and oxygen atoms in total. The summed E-state index contributed by atoms with van der Waals surface area (Å²) in [4.78, 5) is 42.5. The van der Waals surface area contributed by atoms with E-state index >= 15 is 0 Å². The van der Waals surface area contributed by atoms with Gasteiger partial charge in [0.25, 0.3) is 0 Å². The Bertz CT molecular complexity index is 1130. The summed E-state index contributed by atoms with van der Waals surface area (Å²) in [5.41, 5.74) is 1.17. The number of carbonyl (C=O) groups excluding carboxylic acids is 2. The maximum Gasteiger partial charge on any atom is 0.336 e. The van der Waals surface area contributed by atoms with Crippen LogP contribution >= 0.6 is 0 Å². The molecule has 1 N–H and O–H groups in total. The van der Waals surface area contributed by atoms with Gasteiger partial charge in [0, 0.05) is 13.0 Å². The highest BCUT2D eigenvalue weighted by molar-refractivity contribution is 5.82. The van der Waals surface area contributed by atoms with Crippen molar-refractivity contribution in [1.82, 2.24) is 19.0 Å². The molecule has 0 saturated carbocycles. The van der Waals surface area contributed by atoms with Crippen LogP contribution in [0.2, 0.25) is 0 Å². The lowest BCUT2D eigenvalue weighted by atomic mass is 10.1. The quantitative estimate of drug-likeness (QED) is 0.752. The van der Waals surface area contributed by atoms with Gasteiger partial charge in [0.15, 0.2) is 0 Å². The number of aromatic nitrogens is 3. The molecule has 0 spiro atoms. The third-order valence-electron chi connectivity index (χ3n) is 5.58. The third-order valence-corrected chi connectivity index (χ3v) is 5.58. The summed E-state index contributed by atoms with van der Waals surface area (Å²) >= 11 is 0. The molecule has 4 heterocycles. The normalized spacial score (nSPS) is 19.1. The van der Waals surface area contributed by atoms with Gasteiger partial charge in [-0.15, -0.1) is 0 Å². The molecule has 0 radical (unpaired) electrons. The number of amides is 1. The molecule has 10 heteroatoms. The molecule has 2 aromatic heterocycles. The minimum atomic E-state index is -0.461. The molecule has 4 rings (SSSR count). The highest BCUT2D eigenvalue weighted by Gasteiger charge is 2.49. The number of esters is 1. The van der Waals surface area contributed by atoms with Crippen LogP contribution in [-0.4, -0.2) is 49.7 Å². The smallest absolute Gasteiger partial charge is 0.336 e. The Balaban J connectivity index is 1.68. The predicted octanol–water partition coefficient (Wildman–Crippen LogP) is 0.701. The van der Waals surface area contributed by atoms with Gasteiger partial charge in [-0.05, 0) is 25.0 Å². The molecule has 2 aliphatic heterocycles. The summed E-state index contributed by atoms with van der Waals surface area (Å²) in [6, 6.07) is 2.92. The fourth-order valence-electron chi connectivity index (χ4n) is 4.21. The fourth-order valence-corrected chi connectivity index (χ4v) is 4.21. The minimum Gasteiger partial charge on any atom is -0.493 e. The Morgan fingerprint density at radius 1 is 1.41 bits per heavy atom. The summed E-state index contributed by atoms with van der Waals surface area (Å²) in [7, 11) is 1.27. The van der Waals surface area contributed by atoms with E-state index in [-0.39, 0.29) is 36.4 Å². The molecule has 1 amide bonds. The second-order valence-corrected chi connectivity index (χ2v) is 7.20. The van der Waals surface area contributed by atoms with Gasteiger partial charge >= 0.3 is 11.7 Å². The number of fused-ring (bicyclic) bond motifs is 5. The van der Waals surface area contributed by atoms with Gasteiger partial charge in [-0.2, -0.15) is 5.26 Å². The third kappa shape index (κ3) is 2.77. The Kier molecular flexibility index (Phi) is 4.38. The predicted molar refractivity (Wildman–Crippen MR) is 98.3 cm³/mol. The minimum absolute atomic E-state index is 0.0142. The highest BCUT2D eigenvalue weighted by atomic mass is 16.5. The van der Waals surface area contributed by atoms with Crippen molar-refractivity contribution < 1.29 is 19.4 Å². The van der Waals surface area contributed by atoms with Crippen molar-refractivity contribution in [3.05, 3.63) is 39.7 Å². The van der Waals surface area contributed by atoms with Crippen molar-refractivity contribution >= 4 is 11.9 Å². The summed E-state index contributed by atoms with van der Waals surface area (Å²) in [6.45, 7) is 2.05. The number of likely N-dealkylation sites (tertiary alicyclic amines) is 1. The highest BCUT2D eigenvalue weighted by Crippen LogP contribution is 2.48. The molecule has 0 aliphatic carbocycles. The molecule has 2 aliphatic rings. The number of aryl methyl sites for hydroxylation is 1. The van der Waals surface area contributed by atoms with Crippen LogP contribution in [0.25, 0.3) is 5.69 Å². The van der Waals surface area contributed by atoms with Crippen molar-refractivity contribution in [2.75, 3.05) is 13.7 Å². The van der Waals surface area contributed by atoms with Crippen molar-refractivity contribution in [3.8, 4) is 17.6 Å². The number of carbonyl (C=O) groups is 2. The SMILES string of the molecule is COC(=O)CCC(=O)N1CC2CC1c1c(O)n(-c3cnc(C#N)c(C)c3)c(=O)n12. The lowest BCUT2D eigenvalue weighted by molar-refractivity contribution is -0.144. The molecule has 1 saturated heterocycles. The van der Waals surface area contributed by atoms with Crippen molar-refractivity contribution in [2.45, 2.75) is 38.3 Å². The number of ether oxygens (including phenoxy) is 1. The summed E-state index contributed by atoms with van der Waals surface area (Å²) < 4.78 is 7.25. The van der Waals surface area contributed by atoms with Gasteiger partial charge in [-0.3, -0.25) is 14.2 Å². The Labute approximate surface area is 165 Å². The fraction of sp³-hybridized carbons (Fsp3) is 0.421. The topological polar surface area (TPSA) is 130 Å². The lowest BCUT2D eigenvalue weighted by Gasteiger charge is -2.27. The van der Waals surface area contributed by atoms with Crippen LogP contribution in [-0.2, 0) is 14.3 Å². The van der Waals surface area contributed by atoms with E-state index in [1.807, 2.05) is 6.07 Å². The van der Waals surface area contributed by atoms with Crippen LogP contribution in [0.1, 0.15) is 48.3 Å². The molecular formula is C19H19N5O5. The van der Waals surface area contributed by atoms with Gasteiger partial charge in [0.2, 0.25) is 11.8 Å².